The number of aromatic nitrogens is 3. The van der Waals surface area contributed by atoms with Gasteiger partial charge in [0, 0.05) is 32.9 Å². The van der Waals surface area contributed by atoms with Crippen molar-refractivity contribution in [2.24, 2.45) is 13.0 Å². The maximum absolute atomic E-state index is 12.6. The Morgan fingerprint density at radius 2 is 2.00 bits per heavy atom. The zero-order chi connectivity index (χ0) is 18.0. The number of nitrogens with one attached hydrogen (secondary N) is 1. The van der Waals surface area contributed by atoms with Crippen LogP contribution in [0, 0.1) is 19.8 Å². The molecule has 0 saturated carbocycles. The fourth-order valence-corrected chi connectivity index (χ4v) is 4.93. The van der Waals surface area contributed by atoms with Gasteiger partial charge in [-0.1, -0.05) is 0 Å². The highest BCUT2D eigenvalue weighted by Crippen LogP contribution is 2.23. The van der Waals surface area contributed by atoms with Crippen molar-refractivity contribution < 1.29 is 8.42 Å². The van der Waals surface area contributed by atoms with E-state index in [9.17, 15) is 8.42 Å². The van der Waals surface area contributed by atoms with Gasteiger partial charge < -0.3 is 4.90 Å². The van der Waals surface area contributed by atoms with Crippen LogP contribution in [0.15, 0.2) is 29.4 Å². The van der Waals surface area contributed by atoms with Crippen molar-refractivity contribution >= 4 is 15.7 Å². The molecule has 136 valence electrons. The Morgan fingerprint density at radius 3 is 2.56 bits per heavy atom. The third kappa shape index (κ3) is 3.85. The summed E-state index contributed by atoms with van der Waals surface area (Å²) < 4.78 is 29.7. The van der Waals surface area contributed by atoms with Crippen LogP contribution in [0.2, 0.25) is 0 Å². The third-order valence-corrected chi connectivity index (χ3v) is 6.57. The van der Waals surface area contributed by atoms with E-state index in [-0.39, 0.29) is 0 Å². The summed E-state index contributed by atoms with van der Waals surface area (Å²) in [7, 11) is -1.76. The molecule has 0 aromatic carbocycles. The number of sulfonamides is 1. The second kappa shape index (κ2) is 7.13. The van der Waals surface area contributed by atoms with Crippen LogP contribution < -0.4 is 9.62 Å². The Kier molecular flexibility index (Phi) is 5.10. The van der Waals surface area contributed by atoms with Crippen molar-refractivity contribution in [1.29, 1.82) is 0 Å². The Hall–Kier alpha value is -1.93. The molecule has 25 heavy (non-hydrogen) atoms. The molecule has 1 N–H and O–H groups in total. The first-order valence-corrected chi connectivity index (χ1v) is 10.0. The summed E-state index contributed by atoms with van der Waals surface area (Å²) in [5.41, 5.74) is 2.33. The number of rotatable bonds is 5. The average Bonchev–Trinajstić information content (AvgIpc) is 2.87. The number of aryl methyl sites for hydroxylation is 2. The minimum atomic E-state index is -3.52. The summed E-state index contributed by atoms with van der Waals surface area (Å²) in [6, 6.07) is 4.00. The van der Waals surface area contributed by atoms with E-state index in [4.69, 9.17) is 0 Å². The van der Waals surface area contributed by atoms with Gasteiger partial charge in [0.25, 0.3) is 0 Å². The van der Waals surface area contributed by atoms with Crippen molar-refractivity contribution in [3.8, 4) is 0 Å². The lowest BCUT2D eigenvalue weighted by atomic mass is 9.97. The standard InChI is InChI=1S/C17H25N5O2S/c1-13-17(14(2)21(3)20-13)25(23,24)19-11-15-6-9-22(10-7-15)16-5-4-8-18-12-16/h4-5,8,12,15,19H,6-7,9-11H2,1-3H3. The minimum absolute atomic E-state index is 0.308. The zero-order valence-electron chi connectivity index (χ0n) is 14.9. The Labute approximate surface area is 149 Å². The van der Waals surface area contributed by atoms with Gasteiger partial charge in [-0.05, 0) is 44.7 Å². The molecule has 1 saturated heterocycles. The molecule has 8 heteroatoms. The van der Waals surface area contributed by atoms with Crippen LogP contribution in [0.25, 0.3) is 0 Å². The molecule has 0 aliphatic carbocycles. The second-order valence-electron chi connectivity index (χ2n) is 6.62. The maximum atomic E-state index is 12.6. The summed E-state index contributed by atoms with van der Waals surface area (Å²) in [5, 5.41) is 4.20. The van der Waals surface area contributed by atoms with E-state index in [0.29, 0.717) is 28.7 Å². The van der Waals surface area contributed by atoms with Gasteiger partial charge >= 0.3 is 0 Å². The van der Waals surface area contributed by atoms with Crippen LogP contribution >= 0.6 is 0 Å². The number of piperidine rings is 1. The van der Waals surface area contributed by atoms with Gasteiger partial charge in [0.15, 0.2) is 0 Å². The molecule has 0 spiro atoms. The third-order valence-electron chi connectivity index (χ3n) is 4.90. The molecule has 1 aliphatic rings. The molecule has 0 unspecified atom stereocenters. The van der Waals surface area contributed by atoms with Crippen LogP contribution in [0.3, 0.4) is 0 Å². The number of hydrogen-bond acceptors (Lipinski definition) is 5. The Balaban J connectivity index is 1.58. The van der Waals surface area contributed by atoms with Gasteiger partial charge in [-0.3, -0.25) is 9.67 Å². The van der Waals surface area contributed by atoms with Gasteiger partial charge in [0.1, 0.15) is 4.90 Å². The van der Waals surface area contributed by atoms with E-state index in [1.165, 1.54) is 0 Å². The van der Waals surface area contributed by atoms with Crippen molar-refractivity contribution in [1.82, 2.24) is 19.5 Å². The van der Waals surface area contributed by atoms with E-state index in [2.05, 4.69) is 25.8 Å². The van der Waals surface area contributed by atoms with E-state index in [1.807, 2.05) is 12.3 Å². The van der Waals surface area contributed by atoms with Crippen molar-refractivity contribution in [2.75, 3.05) is 24.5 Å². The van der Waals surface area contributed by atoms with Crippen LogP contribution in [-0.2, 0) is 17.1 Å². The van der Waals surface area contributed by atoms with Crippen LogP contribution in [0.1, 0.15) is 24.2 Å². The smallest absolute Gasteiger partial charge is 0.244 e. The van der Waals surface area contributed by atoms with Crippen molar-refractivity contribution in [3.63, 3.8) is 0 Å². The normalized spacial score (nSPS) is 16.4. The molecule has 7 nitrogen and oxygen atoms in total. The van der Waals surface area contributed by atoms with E-state index >= 15 is 0 Å². The number of hydrogen-bond donors (Lipinski definition) is 1. The van der Waals surface area contributed by atoms with Gasteiger partial charge in [-0.25, -0.2) is 13.1 Å². The molecule has 0 bridgehead atoms. The first-order chi connectivity index (χ1) is 11.9. The molecule has 0 amide bonds. The summed E-state index contributed by atoms with van der Waals surface area (Å²) in [4.78, 5) is 6.77. The topological polar surface area (TPSA) is 80.1 Å². The molecule has 0 radical (unpaired) electrons. The largest absolute Gasteiger partial charge is 0.370 e. The predicted octanol–water partition coefficient (Wildman–Crippen LogP) is 1.63. The number of pyridine rings is 1. The molecule has 3 heterocycles. The van der Waals surface area contributed by atoms with Gasteiger partial charge in [-0.2, -0.15) is 5.10 Å². The molecule has 1 fully saturated rings. The van der Waals surface area contributed by atoms with Gasteiger partial charge in [0.05, 0.1) is 23.3 Å². The first-order valence-electron chi connectivity index (χ1n) is 8.53. The monoisotopic (exact) mass is 363 g/mol. The molecule has 1 aliphatic heterocycles. The van der Waals surface area contributed by atoms with E-state index < -0.39 is 10.0 Å². The van der Waals surface area contributed by atoms with E-state index in [1.54, 1.807) is 31.8 Å². The number of nitrogens with zero attached hydrogens (tertiary/aromatic N) is 4. The van der Waals surface area contributed by atoms with Crippen molar-refractivity contribution in [3.05, 3.63) is 35.9 Å². The molecular formula is C17H25N5O2S. The highest BCUT2D eigenvalue weighted by Gasteiger charge is 2.26. The average molecular weight is 363 g/mol. The molecule has 2 aromatic heterocycles. The Bertz CT molecular complexity index is 824. The Morgan fingerprint density at radius 1 is 1.28 bits per heavy atom. The van der Waals surface area contributed by atoms with Crippen LogP contribution in [0.5, 0.6) is 0 Å². The first kappa shape index (κ1) is 17.9. The molecule has 2 aromatic rings. The fourth-order valence-electron chi connectivity index (χ4n) is 3.38. The quantitative estimate of drug-likeness (QED) is 0.873. The lowest BCUT2D eigenvalue weighted by Gasteiger charge is -2.33. The summed E-state index contributed by atoms with van der Waals surface area (Å²) in [6.45, 7) is 5.82. The molecule has 0 atom stereocenters. The highest BCUT2D eigenvalue weighted by atomic mass is 32.2. The molecular weight excluding hydrogens is 338 g/mol. The van der Waals surface area contributed by atoms with E-state index in [0.717, 1.165) is 31.6 Å². The minimum Gasteiger partial charge on any atom is -0.370 e. The highest BCUT2D eigenvalue weighted by molar-refractivity contribution is 7.89. The fraction of sp³-hybridized carbons (Fsp3) is 0.529. The summed E-state index contributed by atoms with van der Waals surface area (Å²) in [6.07, 6.45) is 5.56. The van der Waals surface area contributed by atoms with Gasteiger partial charge in [-0.15, -0.1) is 0 Å². The van der Waals surface area contributed by atoms with Crippen LogP contribution in [0.4, 0.5) is 5.69 Å². The SMILES string of the molecule is Cc1nn(C)c(C)c1S(=O)(=O)NCC1CCN(c2cccnc2)CC1. The lowest BCUT2D eigenvalue weighted by molar-refractivity contribution is 0.402. The lowest BCUT2D eigenvalue weighted by Crippen LogP contribution is -2.38. The van der Waals surface area contributed by atoms with Crippen molar-refractivity contribution in [2.45, 2.75) is 31.6 Å². The molecule has 3 rings (SSSR count). The van der Waals surface area contributed by atoms with Crippen LogP contribution in [-0.4, -0.2) is 42.8 Å². The zero-order valence-corrected chi connectivity index (χ0v) is 15.8. The summed E-state index contributed by atoms with van der Waals surface area (Å²) in [5.74, 6) is 0.347. The second-order valence-corrected chi connectivity index (χ2v) is 8.32. The summed E-state index contributed by atoms with van der Waals surface area (Å²) >= 11 is 0. The number of anilines is 1. The maximum Gasteiger partial charge on any atom is 0.244 e. The predicted molar refractivity (Wildman–Crippen MR) is 97.0 cm³/mol. The van der Waals surface area contributed by atoms with Gasteiger partial charge in [0.2, 0.25) is 10.0 Å².